The lowest BCUT2D eigenvalue weighted by molar-refractivity contribution is -0.116. The van der Waals surface area contributed by atoms with Gasteiger partial charge in [0.2, 0.25) is 5.91 Å². The highest BCUT2D eigenvalue weighted by Crippen LogP contribution is 2.24. The number of nitrogens with one attached hydrogen (secondary N) is 3. The highest BCUT2D eigenvalue weighted by Gasteiger charge is 2.16. The Labute approximate surface area is 153 Å². The van der Waals surface area contributed by atoms with Gasteiger partial charge in [0.05, 0.1) is 24.0 Å². The summed E-state index contributed by atoms with van der Waals surface area (Å²) in [5, 5.41) is 8.37. The molecule has 8 heteroatoms. The van der Waals surface area contributed by atoms with Gasteiger partial charge in [-0.1, -0.05) is 0 Å². The van der Waals surface area contributed by atoms with Gasteiger partial charge in [0, 0.05) is 19.5 Å². The Balaban J connectivity index is 2.66. The zero-order valence-electron chi connectivity index (χ0n) is 15.9. The largest absolute Gasteiger partial charge is 0.465 e. The fourth-order valence-electron chi connectivity index (χ4n) is 2.04. The molecule has 2 amide bonds. The standard InChI is InChI=1S/C18H27N3O5/c1-6-19-13-8-7-12(16(23)25-5)11-14(13)21-15(22)9-10-20-17(24)26-18(2,3)4/h7-8,11,19H,6,9-10H2,1-5H3,(H,20,24)(H,21,22). The topological polar surface area (TPSA) is 106 Å². The van der Waals surface area contributed by atoms with Gasteiger partial charge < -0.3 is 25.4 Å². The van der Waals surface area contributed by atoms with Crippen molar-refractivity contribution < 1.29 is 23.9 Å². The number of carbonyl (C=O) groups excluding carboxylic acids is 3. The van der Waals surface area contributed by atoms with E-state index in [1.54, 1.807) is 39.0 Å². The summed E-state index contributed by atoms with van der Waals surface area (Å²) in [5.74, 6) is -0.794. The Morgan fingerprint density at radius 1 is 1.12 bits per heavy atom. The lowest BCUT2D eigenvalue weighted by Crippen LogP contribution is -2.34. The van der Waals surface area contributed by atoms with Crippen molar-refractivity contribution in [3.05, 3.63) is 23.8 Å². The molecule has 0 heterocycles. The van der Waals surface area contributed by atoms with Crippen molar-refractivity contribution in [2.75, 3.05) is 30.8 Å². The Bertz CT molecular complexity index is 653. The molecule has 0 aromatic heterocycles. The van der Waals surface area contributed by atoms with Crippen molar-refractivity contribution in [1.82, 2.24) is 5.32 Å². The van der Waals surface area contributed by atoms with Gasteiger partial charge in [0.25, 0.3) is 0 Å². The molecule has 0 aliphatic heterocycles. The van der Waals surface area contributed by atoms with Gasteiger partial charge in [-0.15, -0.1) is 0 Å². The Kier molecular flexibility index (Phi) is 7.89. The fraction of sp³-hybridized carbons (Fsp3) is 0.500. The van der Waals surface area contributed by atoms with Crippen molar-refractivity contribution in [1.29, 1.82) is 0 Å². The molecule has 0 spiro atoms. The van der Waals surface area contributed by atoms with Gasteiger partial charge in [-0.05, 0) is 45.9 Å². The molecule has 144 valence electrons. The average molecular weight is 365 g/mol. The first kappa shape index (κ1) is 21.3. The minimum Gasteiger partial charge on any atom is -0.465 e. The molecule has 0 unspecified atom stereocenters. The molecule has 0 aliphatic carbocycles. The van der Waals surface area contributed by atoms with Gasteiger partial charge in [0.1, 0.15) is 5.60 Å². The third kappa shape index (κ3) is 7.42. The van der Waals surface area contributed by atoms with Crippen LogP contribution in [0.1, 0.15) is 44.5 Å². The summed E-state index contributed by atoms with van der Waals surface area (Å²) in [4.78, 5) is 35.4. The van der Waals surface area contributed by atoms with E-state index in [1.807, 2.05) is 6.92 Å². The zero-order valence-corrected chi connectivity index (χ0v) is 15.9. The smallest absolute Gasteiger partial charge is 0.407 e. The van der Waals surface area contributed by atoms with E-state index >= 15 is 0 Å². The second kappa shape index (κ2) is 9.65. The lowest BCUT2D eigenvalue weighted by atomic mass is 10.1. The first-order valence-electron chi connectivity index (χ1n) is 8.39. The quantitative estimate of drug-likeness (QED) is 0.642. The molecular weight excluding hydrogens is 338 g/mol. The molecule has 26 heavy (non-hydrogen) atoms. The van der Waals surface area contributed by atoms with E-state index in [-0.39, 0.29) is 18.9 Å². The normalized spacial score (nSPS) is 10.7. The highest BCUT2D eigenvalue weighted by molar-refractivity contribution is 5.98. The van der Waals surface area contributed by atoms with E-state index in [2.05, 4.69) is 16.0 Å². The lowest BCUT2D eigenvalue weighted by Gasteiger charge is -2.19. The number of alkyl carbamates (subject to hydrolysis) is 1. The van der Waals surface area contributed by atoms with E-state index in [0.717, 1.165) is 0 Å². The summed E-state index contributed by atoms with van der Waals surface area (Å²) in [6.45, 7) is 7.99. The molecule has 0 aliphatic rings. The predicted octanol–water partition coefficient (Wildman–Crippen LogP) is 2.76. The van der Waals surface area contributed by atoms with E-state index in [1.165, 1.54) is 7.11 Å². The molecule has 1 aromatic rings. The summed E-state index contributed by atoms with van der Waals surface area (Å²) >= 11 is 0. The summed E-state index contributed by atoms with van der Waals surface area (Å²) in [6, 6.07) is 4.86. The minimum absolute atomic E-state index is 0.0628. The summed E-state index contributed by atoms with van der Waals surface area (Å²) < 4.78 is 9.79. The maximum Gasteiger partial charge on any atom is 0.407 e. The number of methoxy groups -OCH3 is 1. The number of hydrogen-bond acceptors (Lipinski definition) is 6. The van der Waals surface area contributed by atoms with Crippen LogP contribution < -0.4 is 16.0 Å². The number of carbonyl (C=O) groups is 3. The Morgan fingerprint density at radius 3 is 2.38 bits per heavy atom. The van der Waals surface area contributed by atoms with E-state index in [0.29, 0.717) is 23.5 Å². The Morgan fingerprint density at radius 2 is 1.81 bits per heavy atom. The van der Waals surface area contributed by atoms with Crippen molar-refractivity contribution in [2.24, 2.45) is 0 Å². The van der Waals surface area contributed by atoms with Crippen LogP contribution >= 0.6 is 0 Å². The molecule has 8 nitrogen and oxygen atoms in total. The fourth-order valence-corrected chi connectivity index (χ4v) is 2.04. The number of ether oxygens (including phenoxy) is 2. The first-order valence-corrected chi connectivity index (χ1v) is 8.39. The monoisotopic (exact) mass is 365 g/mol. The van der Waals surface area contributed by atoms with Crippen molar-refractivity contribution >= 4 is 29.3 Å². The van der Waals surface area contributed by atoms with Crippen molar-refractivity contribution in [3.8, 4) is 0 Å². The van der Waals surface area contributed by atoms with Crippen LogP contribution in [0.3, 0.4) is 0 Å². The van der Waals surface area contributed by atoms with Crippen LogP contribution in [0.25, 0.3) is 0 Å². The van der Waals surface area contributed by atoms with Gasteiger partial charge in [0.15, 0.2) is 0 Å². The van der Waals surface area contributed by atoms with Crippen LogP contribution in [-0.2, 0) is 14.3 Å². The van der Waals surface area contributed by atoms with Gasteiger partial charge >= 0.3 is 12.1 Å². The first-order chi connectivity index (χ1) is 12.2. The summed E-state index contributed by atoms with van der Waals surface area (Å²) in [7, 11) is 1.29. The molecule has 0 radical (unpaired) electrons. The zero-order chi connectivity index (χ0) is 19.7. The van der Waals surface area contributed by atoms with Gasteiger partial charge in [-0.2, -0.15) is 0 Å². The molecule has 0 saturated carbocycles. The van der Waals surface area contributed by atoms with E-state index in [9.17, 15) is 14.4 Å². The second-order valence-electron chi connectivity index (χ2n) is 6.51. The van der Waals surface area contributed by atoms with Crippen LogP contribution in [0, 0.1) is 0 Å². The third-order valence-electron chi connectivity index (χ3n) is 3.10. The number of rotatable bonds is 7. The van der Waals surface area contributed by atoms with Crippen LogP contribution in [0.4, 0.5) is 16.2 Å². The van der Waals surface area contributed by atoms with E-state index < -0.39 is 17.7 Å². The maximum absolute atomic E-state index is 12.1. The van der Waals surface area contributed by atoms with Crippen LogP contribution in [0.5, 0.6) is 0 Å². The third-order valence-corrected chi connectivity index (χ3v) is 3.10. The summed E-state index contributed by atoms with van der Waals surface area (Å²) in [6.07, 6.45) is -0.515. The van der Waals surface area contributed by atoms with Crippen molar-refractivity contribution in [2.45, 2.75) is 39.7 Å². The predicted molar refractivity (Wildman–Crippen MR) is 99.4 cm³/mol. The van der Waals surface area contributed by atoms with Crippen LogP contribution in [0.2, 0.25) is 0 Å². The molecule has 0 bridgehead atoms. The van der Waals surface area contributed by atoms with E-state index in [4.69, 9.17) is 9.47 Å². The second-order valence-corrected chi connectivity index (χ2v) is 6.51. The number of hydrogen-bond donors (Lipinski definition) is 3. The molecule has 1 aromatic carbocycles. The average Bonchev–Trinajstić information content (AvgIpc) is 2.54. The van der Waals surface area contributed by atoms with Crippen molar-refractivity contribution in [3.63, 3.8) is 0 Å². The van der Waals surface area contributed by atoms with Gasteiger partial charge in [-0.25, -0.2) is 9.59 Å². The number of anilines is 2. The molecule has 0 saturated heterocycles. The SMILES string of the molecule is CCNc1ccc(C(=O)OC)cc1NC(=O)CCNC(=O)OC(C)(C)C. The van der Waals surface area contributed by atoms with Crippen LogP contribution in [-0.4, -0.2) is 43.8 Å². The molecule has 0 atom stereocenters. The number of esters is 1. The Hall–Kier alpha value is -2.77. The number of benzene rings is 1. The molecule has 1 rings (SSSR count). The highest BCUT2D eigenvalue weighted by atomic mass is 16.6. The molecule has 0 fully saturated rings. The minimum atomic E-state index is -0.596. The van der Waals surface area contributed by atoms with Crippen LogP contribution in [0.15, 0.2) is 18.2 Å². The molecule has 3 N–H and O–H groups in total. The summed E-state index contributed by atoms with van der Waals surface area (Å²) in [5.41, 5.74) is 0.892. The van der Waals surface area contributed by atoms with Gasteiger partial charge in [-0.3, -0.25) is 4.79 Å². The molecular formula is C18H27N3O5. The number of amides is 2. The maximum atomic E-state index is 12.1.